The van der Waals surface area contributed by atoms with Gasteiger partial charge < -0.3 is 0 Å². The quantitative estimate of drug-likeness (QED) is 0.503. The first kappa shape index (κ1) is 16.3. The van der Waals surface area contributed by atoms with E-state index in [1.165, 1.54) is 31.0 Å². The van der Waals surface area contributed by atoms with Crippen LogP contribution in [0.4, 0.5) is 0 Å². The molecule has 1 aliphatic carbocycles. The van der Waals surface area contributed by atoms with Gasteiger partial charge in [0.25, 0.3) is 5.91 Å². The molecule has 2 aliphatic rings. The molecule has 116 valence electrons. The van der Waals surface area contributed by atoms with Crippen molar-refractivity contribution in [2.45, 2.75) is 38.1 Å². The summed E-state index contributed by atoms with van der Waals surface area (Å²) in [6.07, 6.45) is 7.45. The number of thiocarbonyl (C=S) groups is 1. The molecule has 1 saturated carbocycles. The maximum atomic E-state index is 12.7. The van der Waals surface area contributed by atoms with Gasteiger partial charge in [0.2, 0.25) is 0 Å². The SMILES string of the molecule is O=C1/C(=C/c2cccc(Cl)c2Cl)SC(=S)N1C1CCCCC1. The molecule has 1 aromatic rings. The van der Waals surface area contributed by atoms with Crippen LogP contribution in [-0.2, 0) is 4.79 Å². The minimum atomic E-state index is -0.00191. The van der Waals surface area contributed by atoms with Crippen LogP contribution in [0.25, 0.3) is 6.08 Å². The first-order valence-corrected chi connectivity index (χ1v) is 9.27. The molecular weight excluding hydrogens is 357 g/mol. The van der Waals surface area contributed by atoms with E-state index in [2.05, 4.69) is 0 Å². The van der Waals surface area contributed by atoms with Crippen molar-refractivity contribution in [1.29, 1.82) is 0 Å². The van der Waals surface area contributed by atoms with Gasteiger partial charge >= 0.3 is 0 Å². The summed E-state index contributed by atoms with van der Waals surface area (Å²) in [5.74, 6) is -0.00191. The number of amides is 1. The number of thioether (sulfide) groups is 1. The Hall–Kier alpha value is -0.550. The van der Waals surface area contributed by atoms with Crippen molar-refractivity contribution < 1.29 is 4.79 Å². The zero-order valence-corrected chi connectivity index (χ0v) is 15.0. The van der Waals surface area contributed by atoms with Crippen LogP contribution in [-0.4, -0.2) is 21.2 Å². The van der Waals surface area contributed by atoms with Crippen molar-refractivity contribution in [2.75, 3.05) is 0 Å². The number of hydrogen-bond donors (Lipinski definition) is 0. The Labute approximate surface area is 149 Å². The molecule has 1 saturated heterocycles. The minimum Gasteiger partial charge on any atom is -0.290 e. The summed E-state index contributed by atoms with van der Waals surface area (Å²) in [5.41, 5.74) is 0.748. The maximum absolute atomic E-state index is 12.7. The van der Waals surface area contributed by atoms with E-state index < -0.39 is 0 Å². The molecule has 1 heterocycles. The third-order valence-corrected chi connectivity index (χ3v) is 6.20. The lowest BCUT2D eigenvalue weighted by molar-refractivity contribution is -0.124. The topological polar surface area (TPSA) is 20.3 Å². The van der Waals surface area contributed by atoms with Crippen LogP contribution in [0, 0.1) is 0 Å². The summed E-state index contributed by atoms with van der Waals surface area (Å²) in [6.45, 7) is 0. The molecule has 0 radical (unpaired) electrons. The van der Waals surface area contributed by atoms with Crippen molar-refractivity contribution in [3.63, 3.8) is 0 Å². The van der Waals surface area contributed by atoms with Crippen LogP contribution in [0.15, 0.2) is 23.1 Å². The highest BCUT2D eigenvalue weighted by Gasteiger charge is 2.37. The lowest BCUT2D eigenvalue weighted by Crippen LogP contribution is -2.39. The molecule has 1 amide bonds. The monoisotopic (exact) mass is 371 g/mol. The summed E-state index contributed by atoms with van der Waals surface area (Å²) >= 11 is 19.0. The van der Waals surface area contributed by atoms with Gasteiger partial charge in [0.05, 0.1) is 15.0 Å². The standard InChI is InChI=1S/C16H15Cl2NOS2/c17-12-8-4-5-10(14(12)18)9-13-15(20)19(16(21)22-13)11-6-2-1-3-7-11/h4-5,8-9,11H,1-3,6-7H2/b13-9-. The van der Waals surface area contributed by atoms with E-state index in [1.807, 2.05) is 12.1 Å². The van der Waals surface area contributed by atoms with Gasteiger partial charge in [-0.3, -0.25) is 9.69 Å². The number of rotatable bonds is 2. The van der Waals surface area contributed by atoms with Crippen molar-refractivity contribution in [2.24, 2.45) is 0 Å². The smallest absolute Gasteiger partial charge is 0.266 e. The van der Waals surface area contributed by atoms with Crippen LogP contribution in [0.3, 0.4) is 0 Å². The Kier molecular flexibility index (Phi) is 5.13. The van der Waals surface area contributed by atoms with Gasteiger partial charge in [-0.05, 0) is 30.5 Å². The largest absolute Gasteiger partial charge is 0.290 e. The van der Waals surface area contributed by atoms with Crippen LogP contribution in [0.2, 0.25) is 10.0 Å². The molecular formula is C16H15Cl2NOS2. The summed E-state index contributed by atoms with van der Waals surface area (Å²) in [4.78, 5) is 15.1. The second kappa shape index (κ2) is 6.91. The number of halogens is 2. The summed E-state index contributed by atoms with van der Waals surface area (Å²) in [6, 6.07) is 5.65. The lowest BCUT2D eigenvalue weighted by Gasteiger charge is -2.29. The normalized spacial score (nSPS) is 21.9. The molecule has 2 nitrogen and oxygen atoms in total. The van der Waals surface area contributed by atoms with Crippen molar-refractivity contribution in [3.05, 3.63) is 38.7 Å². The predicted octanol–water partition coefficient (Wildman–Crippen LogP) is 5.53. The Morgan fingerprint density at radius 3 is 2.68 bits per heavy atom. The summed E-state index contributed by atoms with van der Waals surface area (Å²) in [7, 11) is 0. The van der Waals surface area contributed by atoms with Crippen molar-refractivity contribution in [3.8, 4) is 0 Å². The van der Waals surface area contributed by atoms with E-state index in [4.69, 9.17) is 35.4 Å². The molecule has 1 aliphatic heterocycles. The Bertz CT molecular complexity index is 654. The molecule has 3 rings (SSSR count). The Morgan fingerprint density at radius 2 is 1.95 bits per heavy atom. The average molecular weight is 372 g/mol. The summed E-state index contributed by atoms with van der Waals surface area (Å²) < 4.78 is 0.654. The van der Waals surface area contributed by atoms with Crippen molar-refractivity contribution >= 4 is 63.5 Å². The highest BCUT2D eigenvalue weighted by Crippen LogP contribution is 2.38. The van der Waals surface area contributed by atoms with Gasteiger partial charge in [0, 0.05) is 6.04 Å². The number of nitrogens with zero attached hydrogens (tertiary/aromatic N) is 1. The van der Waals surface area contributed by atoms with E-state index in [-0.39, 0.29) is 11.9 Å². The van der Waals surface area contributed by atoms with Crippen LogP contribution in [0.5, 0.6) is 0 Å². The van der Waals surface area contributed by atoms with Gasteiger partial charge in [0.1, 0.15) is 4.32 Å². The van der Waals surface area contributed by atoms with Gasteiger partial charge in [-0.15, -0.1) is 0 Å². The Morgan fingerprint density at radius 1 is 1.23 bits per heavy atom. The van der Waals surface area contributed by atoms with E-state index in [0.29, 0.717) is 19.3 Å². The predicted molar refractivity (Wildman–Crippen MR) is 98.3 cm³/mol. The fraction of sp³-hybridized carbons (Fsp3) is 0.375. The highest BCUT2D eigenvalue weighted by atomic mass is 35.5. The van der Waals surface area contributed by atoms with E-state index in [9.17, 15) is 4.79 Å². The molecule has 0 atom stereocenters. The van der Waals surface area contributed by atoms with Crippen LogP contribution in [0.1, 0.15) is 37.7 Å². The average Bonchev–Trinajstić information content (AvgIpc) is 2.79. The third-order valence-electron chi connectivity index (χ3n) is 4.03. The van der Waals surface area contributed by atoms with E-state index >= 15 is 0 Å². The molecule has 0 unspecified atom stereocenters. The molecule has 0 spiro atoms. The Balaban J connectivity index is 1.87. The number of carbonyl (C=O) groups is 1. The zero-order chi connectivity index (χ0) is 15.7. The first-order chi connectivity index (χ1) is 10.6. The number of hydrogen-bond acceptors (Lipinski definition) is 3. The van der Waals surface area contributed by atoms with Crippen LogP contribution >= 0.6 is 47.2 Å². The number of carbonyl (C=O) groups excluding carboxylic acids is 1. The first-order valence-electron chi connectivity index (χ1n) is 7.29. The van der Waals surface area contributed by atoms with E-state index in [0.717, 1.165) is 18.4 Å². The van der Waals surface area contributed by atoms with Gasteiger partial charge in [-0.1, -0.05) is 78.6 Å². The second-order valence-electron chi connectivity index (χ2n) is 5.49. The molecule has 2 fully saturated rings. The third kappa shape index (κ3) is 3.21. The maximum Gasteiger partial charge on any atom is 0.266 e. The molecule has 1 aromatic carbocycles. The molecule has 6 heteroatoms. The van der Waals surface area contributed by atoms with Gasteiger partial charge in [-0.25, -0.2) is 0 Å². The summed E-state index contributed by atoms with van der Waals surface area (Å²) in [5, 5.41) is 0.949. The fourth-order valence-corrected chi connectivity index (χ4v) is 4.66. The lowest BCUT2D eigenvalue weighted by atomic mass is 9.94. The second-order valence-corrected chi connectivity index (χ2v) is 7.95. The molecule has 22 heavy (non-hydrogen) atoms. The minimum absolute atomic E-state index is 0.00191. The zero-order valence-electron chi connectivity index (χ0n) is 11.9. The van der Waals surface area contributed by atoms with Gasteiger partial charge in [0.15, 0.2) is 0 Å². The van der Waals surface area contributed by atoms with Gasteiger partial charge in [-0.2, -0.15) is 0 Å². The molecule has 0 bridgehead atoms. The fourth-order valence-electron chi connectivity index (χ4n) is 2.91. The number of benzene rings is 1. The van der Waals surface area contributed by atoms with E-state index in [1.54, 1.807) is 17.0 Å². The van der Waals surface area contributed by atoms with Crippen LogP contribution < -0.4 is 0 Å². The molecule has 0 N–H and O–H groups in total. The van der Waals surface area contributed by atoms with Crippen molar-refractivity contribution in [1.82, 2.24) is 4.90 Å². The molecule has 0 aromatic heterocycles. The highest BCUT2D eigenvalue weighted by molar-refractivity contribution is 8.26.